The molecule has 0 amide bonds. The summed E-state index contributed by atoms with van der Waals surface area (Å²) in [7, 11) is 0. The van der Waals surface area contributed by atoms with Crippen molar-refractivity contribution in [1.29, 1.82) is 0 Å². The van der Waals surface area contributed by atoms with Crippen molar-refractivity contribution in [2.75, 3.05) is 6.61 Å². The first-order valence-electron chi connectivity index (χ1n) is 16.3. The van der Waals surface area contributed by atoms with Crippen molar-refractivity contribution < 1.29 is 19.4 Å². The lowest BCUT2D eigenvalue weighted by Crippen LogP contribution is -2.21. The Labute approximate surface area is 236 Å². The zero-order chi connectivity index (χ0) is 27.9. The zero-order valence-corrected chi connectivity index (χ0v) is 25.1. The molecule has 1 unspecified atom stereocenters. The standard InChI is InChI=1S/C34H62O4/c1-3-5-6-7-8-9-10-11-12-13-14-15-16-17-18-19-20-21-22-23-24-25-26-27-28-29-32(31-33(35)36)34(37)38-30-4-2/h4-6,32H,2-3,7-31H2,1H3,(H,35,36)/b6-5+. The van der Waals surface area contributed by atoms with Gasteiger partial charge in [0.25, 0.3) is 0 Å². The Morgan fingerprint density at radius 1 is 0.658 bits per heavy atom. The molecule has 0 aliphatic carbocycles. The number of esters is 1. The molecule has 0 saturated carbocycles. The van der Waals surface area contributed by atoms with Gasteiger partial charge >= 0.3 is 11.9 Å². The third-order valence-corrected chi connectivity index (χ3v) is 7.42. The molecule has 0 saturated heterocycles. The molecule has 4 heteroatoms. The van der Waals surface area contributed by atoms with E-state index < -0.39 is 17.9 Å². The molecule has 4 nitrogen and oxygen atoms in total. The molecule has 0 radical (unpaired) electrons. The third kappa shape index (κ3) is 27.5. The lowest BCUT2D eigenvalue weighted by molar-refractivity contribution is -0.152. The zero-order valence-electron chi connectivity index (χ0n) is 25.1. The normalized spacial score (nSPS) is 12.1. The SMILES string of the molecule is C=CCOC(=O)C(CCCCCCCCCCCCCCCCCCCCCCC/C=C/CC)CC(=O)O. The van der Waals surface area contributed by atoms with E-state index in [2.05, 4.69) is 25.7 Å². The van der Waals surface area contributed by atoms with Gasteiger partial charge in [-0.1, -0.05) is 160 Å². The third-order valence-electron chi connectivity index (χ3n) is 7.42. The largest absolute Gasteiger partial charge is 0.481 e. The second kappa shape index (κ2) is 30.0. The minimum Gasteiger partial charge on any atom is -0.481 e. The van der Waals surface area contributed by atoms with Crippen LogP contribution in [0.2, 0.25) is 0 Å². The maximum Gasteiger partial charge on any atom is 0.309 e. The molecule has 0 spiro atoms. The number of unbranched alkanes of at least 4 members (excludes halogenated alkanes) is 21. The highest BCUT2D eigenvalue weighted by molar-refractivity contribution is 5.79. The number of aliphatic carboxylic acids is 1. The van der Waals surface area contributed by atoms with Crippen molar-refractivity contribution in [3.8, 4) is 0 Å². The van der Waals surface area contributed by atoms with Crippen LogP contribution in [0.1, 0.15) is 167 Å². The van der Waals surface area contributed by atoms with E-state index in [1.807, 2.05) is 0 Å². The van der Waals surface area contributed by atoms with E-state index in [0.717, 1.165) is 12.8 Å². The first-order valence-corrected chi connectivity index (χ1v) is 16.3. The van der Waals surface area contributed by atoms with E-state index in [1.165, 1.54) is 141 Å². The van der Waals surface area contributed by atoms with E-state index in [0.29, 0.717) is 6.42 Å². The van der Waals surface area contributed by atoms with Crippen molar-refractivity contribution in [1.82, 2.24) is 0 Å². The van der Waals surface area contributed by atoms with Gasteiger partial charge in [0.1, 0.15) is 6.61 Å². The van der Waals surface area contributed by atoms with Gasteiger partial charge in [0.2, 0.25) is 0 Å². The molecule has 0 aromatic carbocycles. The van der Waals surface area contributed by atoms with Crippen LogP contribution in [0, 0.1) is 5.92 Å². The van der Waals surface area contributed by atoms with Crippen LogP contribution >= 0.6 is 0 Å². The highest BCUT2D eigenvalue weighted by Crippen LogP contribution is 2.18. The monoisotopic (exact) mass is 534 g/mol. The topological polar surface area (TPSA) is 63.6 Å². The molecule has 0 aromatic rings. The smallest absolute Gasteiger partial charge is 0.309 e. The summed E-state index contributed by atoms with van der Waals surface area (Å²) in [5.74, 6) is -1.88. The molecule has 38 heavy (non-hydrogen) atoms. The van der Waals surface area contributed by atoms with E-state index >= 15 is 0 Å². The van der Waals surface area contributed by atoms with Crippen molar-refractivity contribution in [3.05, 3.63) is 24.8 Å². The first kappa shape index (κ1) is 36.4. The Hall–Kier alpha value is -1.58. The van der Waals surface area contributed by atoms with Gasteiger partial charge in [0.15, 0.2) is 0 Å². The predicted molar refractivity (Wildman–Crippen MR) is 163 cm³/mol. The summed E-state index contributed by atoms with van der Waals surface area (Å²) in [5.41, 5.74) is 0. The Kier molecular flexibility index (Phi) is 28.7. The van der Waals surface area contributed by atoms with Crippen LogP contribution in [-0.2, 0) is 14.3 Å². The van der Waals surface area contributed by atoms with E-state index in [4.69, 9.17) is 9.84 Å². The van der Waals surface area contributed by atoms with Crippen molar-refractivity contribution in [3.63, 3.8) is 0 Å². The van der Waals surface area contributed by atoms with Gasteiger partial charge < -0.3 is 9.84 Å². The van der Waals surface area contributed by atoms with Crippen LogP contribution in [-0.4, -0.2) is 23.7 Å². The Morgan fingerprint density at radius 2 is 1.05 bits per heavy atom. The molecule has 1 N–H and O–H groups in total. The fourth-order valence-corrected chi connectivity index (χ4v) is 5.07. The minimum absolute atomic E-state index is 0.145. The average molecular weight is 535 g/mol. The van der Waals surface area contributed by atoms with Gasteiger partial charge in [-0.15, -0.1) is 0 Å². The van der Waals surface area contributed by atoms with Gasteiger partial charge in [-0.2, -0.15) is 0 Å². The predicted octanol–water partition coefficient (Wildman–Crippen LogP) is 10.7. The van der Waals surface area contributed by atoms with Gasteiger partial charge in [0, 0.05) is 0 Å². The number of carboxylic acid groups (broad SMARTS) is 1. The van der Waals surface area contributed by atoms with Crippen molar-refractivity contribution in [2.24, 2.45) is 5.92 Å². The van der Waals surface area contributed by atoms with Gasteiger partial charge in [-0.25, -0.2) is 0 Å². The Balaban J connectivity index is 3.33. The summed E-state index contributed by atoms with van der Waals surface area (Å²) < 4.78 is 5.04. The number of carbonyl (C=O) groups is 2. The molecule has 0 aromatic heterocycles. The lowest BCUT2D eigenvalue weighted by Gasteiger charge is -2.13. The number of allylic oxidation sites excluding steroid dienone is 2. The number of rotatable bonds is 30. The quantitative estimate of drug-likeness (QED) is 0.0565. The highest BCUT2D eigenvalue weighted by atomic mass is 16.5. The van der Waals surface area contributed by atoms with E-state index in [9.17, 15) is 9.59 Å². The summed E-state index contributed by atoms with van der Waals surface area (Å²) in [6.45, 7) is 5.87. The summed E-state index contributed by atoms with van der Waals surface area (Å²) in [6, 6.07) is 0. The van der Waals surface area contributed by atoms with Crippen LogP contribution in [0.5, 0.6) is 0 Å². The van der Waals surface area contributed by atoms with Gasteiger partial charge in [-0.05, 0) is 25.7 Å². The first-order chi connectivity index (χ1) is 18.6. The van der Waals surface area contributed by atoms with Gasteiger partial charge in [0.05, 0.1) is 12.3 Å². The van der Waals surface area contributed by atoms with Crippen LogP contribution in [0.4, 0.5) is 0 Å². The van der Waals surface area contributed by atoms with Crippen molar-refractivity contribution >= 4 is 11.9 Å². The summed E-state index contributed by atoms with van der Waals surface area (Å²) in [5, 5.41) is 9.02. The van der Waals surface area contributed by atoms with E-state index in [1.54, 1.807) is 0 Å². The Morgan fingerprint density at radius 3 is 1.42 bits per heavy atom. The summed E-state index contributed by atoms with van der Waals surface area (Å²) in [4.78, 5) is 23.0. The highest BCUT2D eigenvalue weighted by Gasteiger charge is 2.22. The van der Waals surface area contributed by atoms with Crippen molar-refractivity contribution in [2.45, 2.75) is 167 Å². The number of hydrogen-bond donors (Lipinski definition) is 1. The molecule has 0 aliphatic rings. The fraction of sp³-hybridized carbons (Fsp3) is 0.824. The summed E-state index contributed by atoms with van der Waals surface area (Å²) >= 11 is 0. The molecule has 0 bridgehead atoms. The van der Waals surface area contributed by atoms with E-state index in [-0.39, 0.29) is 13.0 Å². The molecule has 1 atom stereocenters. The summed E-state index contributed by atoms with van der Waals surface area (Å²) in [6.07, 6.45) is 37.1. The molecule has 0 rings (SSSR count). The molecular formula is C34H62O4. The van der Waals surface area contributed by atoms with Gasteiger partial charge in [-0.3, -0.25) is 9.59 Å². The van der Waals surface area contributed by atoms with Crippen LogP contribution < -0.4 is 0 Å². The molecule has 0 aliphatic heterocycles. The van der Waals surface area contributed by atoms with Crippen LogP contribution in [0.25, 0.3) is 0 Å². The second-order valence-electron chi connectivity index (χ2n) is 11.1. The second-order valence-corrected chi connectivity index (χ2v) is 11.1. The molecule has 222 valence electrons. The lowest BCUT2D eigenvalue weighted by atomic mass is 9.97. The fourth-order valence-electron chi connectivity index (χ4n) is 5.07. The maximum absolute atomic E-state index is 12.0. The number of hydrogen-bond acceptors (Lipinski definition) is 3. The number of carbonyl (C=O) groups excluding carboxylic acids is 1. The Bertz CT molecular complexity index is 569. The minimum atomic E-state index is -0.941. The number of ether oxygens (including phenoxy) is 1. The maximum atomic E-state index is 12.0. The molecular weight excluding hydrogens is 472 g/mol. The molecule has 0 heterocycles. The van der Waals surface area contributed by atoms with Crippen LogP contribution in [0.3, 0.4) is 0 Å². The molecule has 0 fully saturated rings. The number of carboxylic acids is 1. The van der Waals surface area contributed by atoms with Crippen LogP contribution in [0.15, 0.2) is 24.8 Å². The average Bonchev–Trinajstić information content (AvgIpc) is 2.90.